The lowest BCUT2D eigenvalue weighted by Crippen LogP contribution is -2.68. The quantitative estimate of drug-likeness (QED) is 0.534. The van der Waals surface area contributed by atoms with Gasteiger partial charge in [0.25, 0.3) is 0 Å². The summed E-state index contributed by atoms with van der Waals surface area (Å²) in [4.78, 5) is 15.0. The summed E-state index contributed by atoms with van der Waals surface area (Å²) in [5, 5.41) is 3.34. The van der Waals surface area contributed by atoms with Crippen molar-refractivity contribution < 1.29 is 14.3 Å². The number of aryl methyl sites for hydroxylation is 1. The Labute approximate surface area is 197 Å². The van der Waals surface area contributed by atoms with Crippen molar-refractivity contribution in [3.8, 4) is 11.5 Å². The molecule has 0 spiro atoms. The van der Waals surface area contributed by atoms with Crippen LogP contribution in [0.4, 0.5) is 5.69 Å². The van der Waals surface area contributed by atoms with E-state index in [1.165, 1.54) is 23.2 Å². The summed E-state index contributed by atoms with van der Waals surface area (Å²) in [6.45, 7) is 10.1. The Kier molecular flexibility index (Phi) is 6.42. The molecular formula is C28H36N2O3. The second kappa shape index (κ2) is 9.12. The summed E-state index contributed by atoms with van der Waals surface area (Å²) >= 11 is 0. The van der Waals surface area contributed by atoms with E-state index in [0.717, 1.165) is 29.9 Å². The molecule has 0 unspecified atom stereocenters. The van der Waals surface area contributed by atoms with Crippen molar-refractivity contribution in [2.75, 3.05) is 25.2 Å². The van der Waals surface area contributed by atoms with Gasteiger partial charge in [-0.3, -0.25) is 4.79 Å². The summed E-state index contributed by atoms with van der Waals surface area (Å²) in [5.74, 6) is 1.57. The molecule has 1 atom stereocenters. The molecule has 0 saturated carbocycles. The summed E-state index contributed by atoms with van der Waals surface area (Å²) in [5.41, 5.74) is 3.77. The topological polar surface area (TPSA) is 50.8 Å². The normalized spacial score (nSPS) is 21.0. The maximum absolute atomic E-state index is 12.6. The molecule has 1 fully saturated rings. The summed E-state index contributed by atoms with van der Waals surface area (Å²) in [7, 11) is 1.67. The highest BCUT2D eigenvalue weighted by atomic mass is 16.5. The maximum atomic E-state index is 12.6. The molecule has 0 radical (unpaired) electrons. The first-order valence-electron chi connectivity index (χ1n) is 12.0. The number of hydrogen-bond acceptors (Lipinski definition) is 4. The Morgan fingerprint density at radius 1 is 1.12 bits per heavy atom. The van der Waals surface area contributed by atoms with Gasteiger partial charge in [-0.2, -0.15) is 0 Å². The number of hydrogen-bond donors (Lipinski definition) is 1. The van der Waals surface area contributed by atoms with Gasteiger partial charge in [0.1, 0.15) is 5.66 Å². The van der Waals surface area contributed by atoms with Gasteiger partial charge >= 0.3 is 0 Å². The van der Waals surface area contributed by atoms with Crippen molar-refractivity contribution in [2.24, 2.45) is 0 Å². The van der Waals surface area contributed by atoms with Crippen molar-refractivity contribution in [3.63, 3.8) is 0 Å². The number of nitrogens with zero attached hydrogens (tertiary/aromatic N) is 1. The summed E-state index contributed by atoms with van der Waals surface area (Å²) in [6, 6.07) is 12.6. The van der Waals surface area contributed by atoms with E-state index in [1.807, 2.05) is 18.2 Å². The molecule has 2 aliphatic heterocycles. The third-order valence-corrected chi connectivity index (χ3v) is 7.10. The minimum absolute atomic E-state index is 0.0851. The highest BCUT2D eigenvalue weighted by Gasteiger charge is 2.57. The highest BCUT2D eigenvalue weighted by Crippen LogP contribution is 2.52. The molecule has 0 aliphatic carbocycles. The van der Waals surface area contributed by atoms with E-state index in [0.29, 0.717) is 19.6 Å². The van der Waals surface area contributed by atoms with Crippen LogP contribution in [0.3, 0.4) is 0 Å². The number of amides is 1. The van der Waals surface area contributed by atoms with Crippen molar-refractivity contribution in [1.29, 1.82) is 0 Å². The minimum Gasteiger partial charge on any atom is -0.493 e. The standard InChI is InChI=1S/C28H36N2O3/c1-6-7-8-17-33-24-12-10-21(19-25(24)32-5)13-15-28-27(3,4)22-18-20(2)9-11-23(22)30(28)16-14-26(31)29-28/h9-13,15,18-19H,6-8,14,16-17H2,1-5H3,(H,29,31)/t28-/m0/s1. The highest BCUT2D eigenvalue weighted by molar-refractivity contribution is 5.84. The van der Waals surface area contributed by atoms with Crippen molar-refractivity contribution in [3.05, 3.63) is 59.2 Å². The average molecular weight is 449 g/mol. The fourth-order valence-electron chi connectivity index (χ4n) is 5.13. The molecule has 2 heterocycles. The fraction of sp³-hybridized carbons (Fsp3) is 0.464. The maximum Gasteiger partial charge on any atom is 0.223 e. The average Bonchev–Trinajstić information content (AvgIpc) is 2.98. The first kappa shape index (κ1) is 23.2. The lowest BCUT2D eigenvalue weighted by atomic mass is 9.74. The van der Waals surface area contributed by atoms with Crippen molar-refractivity contribution in [2.45, 2.75) is 64.5 Å². The van der Waals surface area contributed by atoms with Gasteiger partial charge in [0, 0.05) is 24.1 Å². The van der Waals surface area contributed by atoms with E-state index in [9.17, 15) is 4.79 Å². The number of rotatable bonds is 8. The molecule has 5 nitrogen and oxygen atoms in total. The van der Waals surface area contributed by atoms with Gasteiger partial charge in [0.05, 0.1) is 13.7 Å². The van der Waals surface area contributed by atoms with Gasteiger partial charge < -0.3 is 19.7 Å². The zero-order chi connectivity index (χ0) is 23.6. The van der Waals surface area contributed by atoms with E-state index in [2.05, 4.69) is 68.3 Å². The molecule has 1 saturated heterocycles. The SMILES string of the molecule is CCCCCOc1ccc(C=C[C@]23NC(=O)CCN2c2ccc(C)cc2C3(C)C)cc1OC. The number of carbonyl (C=O) groups is 1. The number of carbonyl (C=O) groups excluding carboxylic acids is 1. The molecule has 5 heteroatoms. The van der Waals surface area contributed by atoms with Crippen LogP contribution in [0.5, 0.6) is 11.5 Å². The first-order valence-corrected chi connectivity index (χ1v) is 12.0. The van der Waals surface area contributed by atoms with Gasteiger partial charge in [-0.05, 0) is 48.7 Å². The molecular weight excluding hydrogens is 412 g/mol. The van der Waals surface area contributed by atoms with Gasteiger partial charge in [-0.15, -0.1) is 0 Å². The second-order valence-electron chi connectivity index (χ2n) is 9.66. The molecule has 2 aromatic rings. The number of unbranched alkanes of at least 4 members (excludes halogenated alkanes) is 2. The summed E-state index contributed by atoms with van der Waals surface area (Å²) in [6.07, 6.45) is 8.09. The zero-order valence-electron chi connectivity index (χ0n) is 20.5. The number of nitrogens with one attached hydrogen (secondary N) is 1. The van der Waals surface area contributed by atoms with Gasteiger partial charge in [-0.1, -0.05) is 63.5 Å². The Hall–Kier alpha value is -2.95. The van der Waals surface area contributed by atoms with E-state index in [4.69, 9.17) is 9.47 Å². The van der Waals surface area contributed by atoms with Crippen LogP contribution in [0.1, 0.15) is 63.1 Å². The second-order valence-corrected chi connectivity index (χ2v) is 9.66. The smallest absolute Gasteiger partial charge is 0.223 e. The molecule has 0 aromatic heterocycles. The third kappa shape index (κ3) is 4.09. The van der Waals surface area contributed by atoms with E-state index in [1.54, 1.807) is 7.11 Å². The van der Waals surface area contributed by atoms with Gasteiger partial charge in [0.2, 0.25) is 5.91 Å². The molecule has 176 valence electrons. The Morgan fingerprint density at radius 2 is 1.94 bits per heavy atom. The molecule has 1 N–H and O–H groups in total. The van der Waals surface area contributed by atoms with Crippen LogP contribution in [0, 0.1) is 6.92 Å². The Bertz CT molecular complexity index is 1060. The number of methoxy groups -OCH3 is 1. The van der Waals surface area contributed by atoms with Crippen LogP contribution in [-0.2, 0) is 10.2 Å². The predicted octanol–water partition coefficient (Wildman–Crippen LogP) is 5.60. The molecule has 2 aromatic carbocycles. The van der Waals surface area contributed by atoms with Crippen LogP contribution in [-0.4, -0.2) is 31.8 Å². The largest absolute Gasteiger partial charge is 0.493 e. The number of ether oxygens (including phenoxy) is 2. The predicted molar refractivity (Wildman–Crippen MR) is 134 cm³/mol. The van der Waals surface area contributed by atoms with E-state index < -0.39 is 5.66 Å². The monoisotopic (exact) mass is 448 g/mol. The third-order valence-electron chi connectivity index (χ3n) is 7.10. The lowest BCUT2D eigenvalue weighted by Gasteiger charge is -2.49. The molecule has 33 heavy (non-hydrogen) atoms. The summed E-state index contributed by atoms with van der Waals surface area (Å²) < 4.78 is 11.5. The number of benzene rings is 2. The number of anilines is 1. The Morgan fingerprint density at radius 3 is 2.70 bits per heavy atom. The van der Waals surface area contributed by atoms with Crippen LogP contribution < -0.4 is 19.7 Å². The minimum atomic E-state index is -0.624. The van der Waals surface area contributed by atoms with E-state index in [-0.39, 0.29) is 11.3 Å². The van der Waals surface area contributed by atoms with Crippen LogP contribution in [0.2, 0.25) is 0 Å². The lowest BCUT2D eigenvalue weighted by molar-refractivity contribution is -0.124. The van der Waals surface area contributed by atoms with Crippen LogP contribution >= 0.6 is 0 Å². The van der Waals surface area contributed by atoms with Gasteiger partial charge in [0.15, 0.2) is 11.5 Å². The Balaban J connectivity index is 1.66. The van der Waals surface area contributed by atoms with Crippen molar-refractivity contribution >= 4 is 17.7 Å². The fourth-order valence-corrected chi connectivity index (χ4v) is 5.13. The zero-order valence-corrected chi connectivity index (χ0v) is 20.5. The van der Waals surface area contributed by atoms with Crippen molar-refractivity contribution in [1.82, 2.24) is 5.32 Å². The molecule has 2 aliphatic rings. The van der Waals surface area contributed by atoms with E-state index >= 15 is 0 Å². The van der Waals surface area contributed by atoms with Crippen LogP contribution in [0.25, 0.3) is 6.08 Å². The van der Waals surface area contributed by atoms with Crippen LogP contribution in [0.15, 0.2) is 42.5 Å². The molecule has 0 bridgehead atoms. The molecule has 4 rings (SSSR count). The molecule has 1 amide bonds. The number of fused-ring (bicyclic) bond motifs is 3. The first-order chi connectivity index (χ1) is 15.8. The van der Waals surface area contributed by atoms with Gasteiger partial charge in [-0.25, -0.2) is 0 Å².